The Morgan fingerprint density at radius 3 is 2.62 bits per heavy atom. The molecule has 2 rings (SSSR count). The van der Waals surface area contributed by atoms with Gasteiger partial charge < -0.3 is 10.5 Å². The van der Waals surface area contributed by atoms with Crippen LogP contribution in [0.25, 0.3) is 0 Å². The van der Waals surface area contributed by atoms with Gasteiger partial charge in [-0.05, 0) is 31.6 Å². The van der Waals surface area contributed by atoms with Crippen LogP contribution >= 0.6 is 12.4 Å². The molecule has 2 aliphatic rings. The van der Waals surface area contributed by atoms with Crippen molar-refractivity contribution in [1.82, 2.24) is 0 Å². The predicted octanol–water partition coefficient (Wildman–Crippen LogP) is 1.10. The highest BCUT2D eigenvalue weighted by molar-refractivity contribution is 5.85. The first kappa shape index (κ1) is 10.8. The van der Waals surface area contributed by atoms with Gasteiger partial charge in [0.1, 0.15) is 0 Å². The van der Waals surface area contributed by atoms with E-state index in [2.05, 4.69) is 0 Å². The third-order valence-electron chi connectivity index (χ3n) is 3.10. The summed E-state index contributed by atoms with van der Waals surface area (Å²) in [4.78, 5) is 11.3. The zero-order valence-corrected chi connectivity index (χ0v) is 8.60. The summed E-state index contributed by atoms with van der Waals surface area (Å²) in [6, 6.07) is 0.337. The minimum absolute atomic E-state index is 0. The second kappa shape index (κ2) is 3.46. The monoisotopic (exact) mass is 205 g/mol. The van der Waals surface area contributed by atoms with E-state index in [1.807, 2.05) is 6.92 Å². The van der Waals surface area contributed by atoms with E-state index >= 15 is 0 Å². The summed E-state index contributed by atoms with van der Waals surface area (Å²) in [5.41, 5.74) is 5.96. The molecule has 76 valence electrons. The van der Waals surface area contributed by atoms with Crippen LogP contribution < -0.4 is 5.73 Å². The van der Waals surface area contributed by atoms with Gasteiger partial charge in [0.05, 0.1) is 12.5 Å². The van der Waals surface area contributed by atoms with Crippen LogP contribution in [0.3, 0.4) is 0 Å². The molecule has 0 saturated heterocycles. The van der Waals surface area contributed by atoms with Crippen LogP contribution in [-0.4, -0.2) is 18.6 Å². The first-order chi connectivity index (χ1) is 5.68. The zero-order valence-electron chi connectivity index (χ0n) is 7.79. The fourth-order valence-electron chi connectivity index (χ4n) is 2.36. The van der Waals surface area contributed by atoms with Crippen molar-refractivity contribution in [1.29, 1.82) is 0 Å². The molecule has 0 aromatic heterocycles. The van der Waals surface area contributed by atoms with Gasteiger partial charge in [-0.2, -0.15) is 0 Å². The quantitative estimate of drug-likeness (QED) is 0.687. The summed E-state index contributed by atoms with van der Waals surface area (Å²) >= 11 is 0. The summed E-state index contributed by atoms with van der Waals surface area (Å²) in [6.07, 6.45) is 3.06. The van der Waals surface area contributed by atoms with Crippen molar-refractivity contribution in [2.24, 2.45) is 17.1 Å². The van der Waals surface area contributed by atoms with E-state index in [0.29, 0.717) is 12.6 Å². The van der Waals surface area contributed by atoms with E-state index in [9.17, 15) is 4.79 Å². The number of hydrogen-bond acceptors (Lipinski definition) is 3. The van der Waals surface area contributed by atoms with Gasteiger partial charge in [0.15, 0.2) is 0 Å². The van der Waals surface area contributed by atoms with Gasteiger partial charge >= 0.3 is 5.97 Å². The largest absolute Gasteiger partial charge is 0.466 e. The lowest BCUT2D eigenvalue weighted by atomic mass is 9.76. The van der Waals surface area contributed by atoms with Gasteiger partial charge in [-0.25, -0.2) is 0 Å². The summed E-state index contributed by atoms with van der Waals surface area (Å²) in [5, 5.41) is 0. The van der Waals surface area contributed by atoms with E-state index in [0.717, 1.165) is 19.3 Å². The van der Waals surface area contributed by atoms with E-state index in [4.69, 9.17) is 10.5 Å². The normalized spacial score (nSPS) is 40.5. The maximum Gasteiger partial charge on any atom is 0.309 e. The Balaban J connectivity index is 0.000000845. The van der Waals surface area contributed by atoms with Crippen LogP contribution in [-0.2, 0) is 9.53 Å². The molecule has 0 aromatic carbocycles. The molecule has 1 atom stereocenters. The highest BCUT2D eigenvalue weighted by Gasteiger charge is 2.64. The Morgan fingerprint density at radius 1 is 1.54 bits per heavy atom. The molecule has 0 aromatic rings. The maximum atomic E-state index is 11.3. The van der Waals surface area contributed by atoms with Crippen molar-refractivity contribution >= 4 is 18.4 Å². The number of rotatable bonds is 2. The van der Waals surface area contributed by atoms with Crippen molar-refractivity contribution in [2.45, 2.75) is 32.2 Å². The Kier molecular flexibility index (Phi) is 2.88. The van der Waals surface area contributed by atoms with Crippen LogP contribution in [0.15, 0.2) is 0 Å². The smallest absolute Gasteiger partial charge is 0.309 e. The Bertz CT molecular complexity index is 214. The molecule has 2 fully saturated rings. The van der Waals surface area contributed by atoms with Crippen LogP contribution in [0.5, 0.6) is 0 Å². The van der Waals surface area contributed by atoms with Gasteiger partial charge in [0.25, 0.3) is 0 Å². The lowest BCUT2D eigenvalue weighted by Crippen LogP contribution is -2.39. The fourth-order valence-corrected chi connectivity index (χ4v) is 2.36. The van der Waals surface area contributed by atoms with Crippen molar-refractivity contribution in [3.8, 4) is 0 Å². The van der Waals surface area contributed by atoms with E-state index in [1.54, 1.807) is 0 Å². The molecule has 13 heavy (non-hydrogen) atoms. The summed E-state index contributed by atoms with van der Waals surface area (Å²) in [5.74, 6) is 0.168. The topological polar surface area (TPSA) is 52.3 Å². The molecule has 2 saturated carbocycles. The molecule has 2 aliphatic carbocycles. The van der Waals surface area contributed by atoms with E-state index in [-0.39, 0.29) is 29.7 Å². The minimum Gasteiger partial charge on any atom is -0.466 e. The first-order valence-corrected chi connectivity index (χ1v) is 4.60. The minimum atomic E-state index is -0.00981. The van der Waals surface area contributed by atoms with Crippen LogP contribution in [0.4, 0.5) is 0 Å². The Labute approximate surface area is 84.4 Å². The van der Waals surface area contributed by atoms with Crippen LogP contribution in [0, 0.1) is 11.3 Å². The molecular weight excluding hydrogens is 190 g/mol. The molecule has 0 bridgehead atoms. The van der Waals surface area contributed by atoms with E-state index in [1.165, 1.54) is 0 Å². The molecule has 0 radical (unpaired) electrons. The maximum absolute atomic E-state index is 11.3. The number of nitrogens with two attached hydrogens (primary N) is 1. The lowest BCUT2D eigenvalue weighted by Gasteiger charge is -2.33. The highest BCUT2D eigenvalue weighted by Crippen LogP contribution is 2.65. The molecule has 4 heteroatoms. The zero-order chi connectivity index (χ0) is 8.77. The molecule has 3 nitrogen and oxygen atoms in total. The Hall–Kier alpha value is -0.280. The standard InChI is InChI=1S/C9H15NO2.ClH/c1-2-12-8(11)7-5-9(7)3-6(10)4-9;/h6-7H,2-5,10H2,1H3;1H. The van der Waals surface area contributed by atoms with Gasteiger partial charge in [0, 0.05) is 6.04 Å². The third-order valence-corrected chi connectivity index (χ3v) is 3.10. The average molecular weight is 206 g/mol. The summed E-state index contributed by atoms with van der Waals surface area (Å²) in [7, 11) is 0. The highest BCUT2D eigenvalue weighted by atomic mass is 35.5. The average Bonchev–Trinajstić information content (AvgIpc) is 2.63. The van der Waals surface area contributed by atoms with E-state index < -0.39 is 0 Å². The number of carbonyl (C=O) groups excluding carboxylic acids is 1. The number of hydrogen-bond donors (Lipinski definition) is 1. The van der Waals surface area contributed by atoms with Crippen molar-refractivity contribution in [3.63, 3.8) is 0 Å². The molecule has 1 unspecified atom stereocenters. The van der Waals surface area contributed by atoms with Crippen LogP contribution in [0.2, 0.25) is 0 Å². The number of esters is 1. The summed E-state index contributed by atoms with van der Waals surface area (Å²) < 4.78 is 4.95. The SMILES string of the molecule is CCOC(=O)C1CC12CC(N)C2.Cl. The molecular formula is C9H16ClNO2. The predicted molar refractivity (Wildman–Crippen MR) is 51.6 cm³/mol. The molecule has 0 amide bonds. The number of carbonyl (C=O) groups is 1. The lowest BCUT2D eigenvalue weighted by molar-refractivity contribution is -0.146. The van der Waals surface area contributed by atoms with Crippen LogP contribution in [0.1, 0.15) is 26.2 Å². The second-order valence-corrected chi connectivity index (χ2v) is 4.04. The fraction of sp³-hybridized carbons (Fsp3) is 0.889. The van der Waals surface area contributed by atoms with Gasteiger partial charge in [-0.15, -0.1) is 12.4 Å². The molecule has 1 spiro atoms. The van der Waals surface area contributed by atoms with Gasteiger partial charge in [-0.1, -0.05) is 0 Å². The second-order valence-electron chi connectivity index (χ2n) is 4.04. The van der Waals surface area contributed by atoms with Crippen molar-refractivity contribution in [2.75, 3.05) is 6.61 Å². The summed E-state index contributed by atoms with van der Waals surface area (Å²) in [6.45, 7) is 2.34. The van der Waals surface area contributed by atoms with Gasteiger partial charge in [0.2, 0.25) is 0 Å². The molecule has 2 N–H and O–H groups in total. The number of halogens is 1. The Morgan fingerprint density at radius 2 is 2.15 bits per heavy atom. The van der Waals surface area contributed by atoms with Crippen molar-refractivity contribution in [3.05, 3.63) is 0 Å². The number of ether oxygens (including phenoxy) is 1. The van der Waals surface area contributed by atoms with Gasteiger partial charge in [-0.3, -0.25) is 4.79 Å². The molecule has 0 aliphatic heterocycles. The van der Waals surface area contributed by atoms with Crippen molar-refractivity contribution < 1.29 is 9.53 Å². The first-order valence-electron chi connectivity index (χ1n) is 4.60. The third kappa shape index (κ3) is 1.67. The molecule has 0 heterocycles.